The highest BCUT2D eigenvalue weighted by molar-refractivity contribution is 9.11. The predicted octanol–water partition coefficient (Wildman–Crippen LogP) is 8.04. The third kappa shape index (κ3) is 13.0. The van der Waals surface area contributed by atoms with Crippen molar-refractivity contribution in [3.8, 4) is 16.6 Å². The average Bonchev–Trinajstić information content (AvgIpc) is 3.85. The molecule has 18 heteroatoms. The lowest BCUT2D eigenvalue weighted by atomic mass is 10.3. The fourth-order valence-corrected chi connectivity index (χ4v) is 7.67. The number of nitrogens with zero attached hydrogens (tertiary/aromatic N) is 8. The van der Waals surface area contributed by atoms with Gasteiger partial charge in [0.1, 0.15) is 40.5 Å². The summed E-state index contributed by atoms with van der Waals surface area (Å²) in [7, 11) is -1.47. The maximum absolute atomic E-state index is 8.65. The van der Waals surface area contributed by atoms with Gasteiger partial charge in [-0.3, -0.25) is 0 Å². The first-order valence-electron chi connectivity index (χ1n) is 16.2. The van der Waals surface area contributed by atoms with Gasteiger partial charge in [-0.2, -0.15) is 4.98 Å². The monoisotopic (exact) mass is 815 g/mol. The van der Waals surface area contributed by atoms with Crippen LogP contribution in [-0.4, -0.2) is 81.6 Å². The molecular weight excluding hydrogens is 771 g/mol. The lowest BCUT2D eigenvalue weighted by molar-refractivity contribution is 0.0898. The molecule has 0 aliphatic heterocycles. The van der Waals surface area contributed by atoms with Crippen molar-refractivity contribution < 1.29 is 19.2 Å². The van der Waals surface area contributed by atoms with E-state index in [0.29, 0.717) is 27.0 Å². The summed E-state index contributed by atoms with van der Waals surface area (Å²) in [6, 6.07) is 14.1. The van der Waals surface area contributed by atoms with E-state index in [1.54, 1.807) is 17.4 Å². The second-order valence-electron chi connectivity index (χ2n) is 13.9. The Morgan fingerprint density at radius 1 is 0.720 bits per heavy atom. The van der Waals surface area contributed by atoms with Crippen LogP contribution >= 0.6 is 38.6 Å². The van der Waals surface area contributed by atoms with Gasteiger partial charge in [0.15, 0.2) is 14.8 Å². The molecule has 6 aromatic heterocycles. The number of aryl methyl sites for hydroxylation is 2. The third-order valence-corrected chi connectivity index (χ3v) is 12.6. The molecule has 1 N–H and O–H groups in total. The molecule has 6 heterocycles. The molecule has 0 amide bonds. The molecule has 0 bridgehead atoms. The Bertz CT molecular complexity index is 1920. The predicted molar refractivity (Wildman–Crippen MR) is 212 cm³/mol. The summed E-state index contributed by atoms with van der Waals surface area (Å²) in [5.74, 6) is 0.363. The first-order chi connectivity index (χ1) is 23.7. The molecule has 6 aromatic rings. The topological polar surface area (TPSA) is 135 Å². The van der Waals surface area contributed by atoms with Crippen LogP contribution in [0.25, 0.3) is 32.8 Å². The molecule has 0 fully saturated rings. The SMILES string of the molecule is C[Si](C)(C)CCOCn1ccc2ccc(O[B]O)nc21.Cc1nnc(-c2ccc3ccn(COCC[Si](C)(C)C)c3n2)s1.Cc1nnc(Br)s1. The third-order valence-electron chi connectivity index (χ3n) is 7.07. The van der Waals surface area contributed by atoms with Gasteiger partial charge in [0.2, 0.25) is 0 Å². The molecule has 0 atom stereocenters. The summed E-state index contributed by atoms with van der Waals surface area (Å²) in [6.45, 7) is 20.6. The Balaban J connectivity index is 0.000000190. The van der Waals surface area contributed by atoms with Crippen molar-refractivity contribution in [2.24, 2.45) is 0 Å². The van der Waals surface area contributed by atoms with Gasteiger partial charge < -0.3 is 28.3 Å². The minimum atomic E-state index is -1.05. The van der Waals surface area contributed by atoms with Crippen molar-refractivity contribution in [2.75, 3.05) is 13.2 Å². The van der Waals surface area contributed by atoms with E-state index in [1.807, 2.05) is 49.0 Å². The standard InChI is InChI=1S/C16H22N4OSSi.C13H20BN2O3Si.C3H3BrN2S/c1-12-18-19-16(22-12)14-6-5-13-7-8-20(15(13)17-14)11-21-9-10-23(2,3)4;1-20(2,3)9-8-18-10-16-7-6-11-4-5-12(19-14-17)15-13(11)16;1-2-5-6-3(4)7-2/h5-8H,9-11H2,1-4H3;4-7,17H,8-10H2,1-3H3;1H3. The molecule has 0 unspecified atom stereocenters. The van der Waals surface area contributed by atoms with Crippen molar-refractivity contribution in [2.45, 2.75) is 78.7 Å². The lowest BCUT2D eigenvalue weighted by Crippen LogP contribution is -2.22. The van der Waals surface area contributed by atoms with Crippen LogP contribution in [0.2, 0.25) is 51.4 Å². The molecule has 0 aromatic carbocycles. The van der Waals surface area contributed by atoms with E-state index in [2.05, 4.69) is 97.3 Å². The van der Waals surface area contributed by atoms with Gasteiger partial charge >= 0.3 is 7.69 Å². The average molecular weight is 817 g/mol. The van der Waals surface area contributed by atoms with Crippen LogP contribution in [0, 0.1) is 13.8 Å². The smallest absolute Gasteiger partial charge is 0.523 e. The van der Waals surface area contributed by atoms with Gasteiger partial charge in [-0.15, -0.1) is 20.4 Å². The minimum Gasteiger partial charge on any atom is -0.523 e. The summed E-state index contributed by atoms with van der Waals surface area (Å²) >= 11 is 6.28. The number of aromatic nitrogens is 8. The molecule has 267 valence electrons. The molecular formula is C32H45BBrN8O4S2Si2. The second kappa shape index (κ2) is 18.6. The fourth-order valence-electron chi connectivity index (χ4n) is 4.31. The Hall–Kier alpha value is -2.84. The number of hydrogen-bond acceptors (Lipinski definition) is 12. The highest BCUT2D eigenvalue weighted by Crippen LogP contribution is 2.24. The van der Waals surface area contributed by atoms with E-state index in [-0.39, 0.29) is 0 Å². The summed E-state index contributed by atoms with van der Waals surface area (Å²) in [4.78, 5) is 9.08. The van der Waals surface area contributed by atoms with E-state index in [9.17, 15) is 0 Å². The summed E-state index contributed by atoms with van der Waals surface area (Å²) in [5, 5.41) is 29.3. The van der Waals surface area contributed by atoms with Crippen LogP contribution in [0.4, 0.5) is 0 Å². The van der Waals surface area contributed by atoms with Crippen LogP contribution in [0.3, 0.4) is 0 Å². The number of halogens is 1. The maximum Gasteiger partial charge on any atom is 0.570 e. The van der Waals surface area contributed by atoms with E-state index in [0.717, 1.165) is 66.0 Å². The summed E-state index contributed by atoms with van der Waals surface area (Å²) in [6.07, 6.45) is 3.97. The lowest BCUT2D eigenvalue weighted by Gasteiger charge is -2.15. The zero-order valence-electron chi connectivity index (χ0n) is 29.9. The van der Waals surface area contributed by atoms with E-state index in [4.69, 9.17) is 24.1 Å². The van der Waals surface area contributed by atoms with Gasteiger partial charge in [0.05, 0.1) is 0 Å². The number of ether oxygens (including phenoxy) is 2. The summed E-state index contributed by atoms with van der Waals surface area (Å²) < 4.78 is 21.3. The number of hydrogen-bond donors (Lipinski definition) is 1. The first-order valence-corrected chi connectivity index (χ1v) is 26.0. The zero-order valence-corrected chi connectivity index (χ0v) is 35.1. The Labute approximate surface area is 312 Å². The quantitative estimate of drug-likeness (QED) is 0.0902. The van der Waals surface area contributed by atoms with Gasteiger partial charge in [-0.1, -0.05) is 62.0 Å². The first kappa shape index (κ1) is 39.9. The Morgan fingerprint density at radius 2 is 1.26 bits per heavy atom. The van der Waals surface area contributed by atoms with Crippen molar-refractivity contribution >= 4 is 84.5 Å². The molecule has 12 nitrogen and oxygen atoms in total. The number of rotatable bonds is 13. The van der Waals surface area contributed by atoms with Crippen LogP contribution in [-0.2, 0) is 22.9 Å². The van der Waals surface area contributed by atoms with E-state index >= 15 is 0 Å². The fraction of sp³-hybridized carbons (Fsp3) is 0.438. The van der Waals surface area contributed by atoms with Gasteiger partial charge in [-0.05, 0) is 78.3 Å². The highest BCUT2D eigenvalue weighted by Gasteiger charge is 2.14. The Morgan fingerprint density at radius 3 is 1.72 bits per heavy atom. The molecule has 6 rings (SSSR count). The molecule has 0 aliphatic rings. The zero-order chi connectivity index (χ0) is 36.3. The minimum absolute atomic E-state index is 0.363. The van der Waals surface area contributed by atoms with E-state index < -0.39 is 16.1 Å². The molecule has 0 aliphatic carbocycles. The van der Waals surface area contributed by atoms with Crippen molar-refractivity contribution in [3.63, 3.8) is 0 Å². The highest BCUT2D eigenvalue weighted by atomic mass is 79.9. The van der Waals surface area contributed by atoms with Crippen molar-refractivity contribution in [1.82, 2.24) is 39.5 Å². The van der Waals surface area contributed by atoms with Crippen molar-refractivity contribution in [1.29, 1.82) is 0 Å². The van der Waals surface area contributed by atoms with Gasteiger partial charge in [0, 0.05) is 52.5 Å². The second-order valence-corrected chi connectivity index (χ2v) is 28.7. The largest absolute Gasteiger partial charge is 0.570 e. The van der Waals surface area contributed by atoms with Crippen LogP contribution in [0.15, 0.2) is 52.7 Å². The number of pyridine rings is 2. The molecule has 0 saturated carbocycles. The molecule has 0 saturated heterocycles. The van der Waals surface area contributed by atoms with Crippen molar-refractivity contribution in [3.05, 3.63) is 62.7 Å². The Kier molecular flexibility index (Phi) is 14.8. The number of fused-ring (bicyclic) bond motifs is 2. The van der Waals surface area contributed by atoms with Crippen LogP contribution in [0.5, 0.6) is 5.88 Å². The normalized spacial score (nSPS) is 11.6. The van der Waals surface area contributed by atoms with Gasteiger partial charge in [-0.25, -0.2) is 4.98 Å². The molecule has 1 radical (unpaired) electrons. The molecule has 0 spiro atoms. The van der Waals surface area contributed by atoms with Crippen LogP contribution < -0.4 is 4.65 Å². The van der Waals surface area contributed by atoms with Crippen LogP contribution in [0.1, 0.15) is 10.0 Å². The molecule has 50 heavy (non-hydrogen) atoms. The van der Waals surface area contributed by atoms with Gasteiger partial charge in [0.25, 0.3) is 0 Å². The van der Waals surface area contributed by atoms with E-state index in [1.165, 1.54) is 17.4 Å². The maximum atomic E-state index is 8.65. The summed E-state index contributed by atoms with van der Waals surface area (Å²) in [5.41, 5.74) is 2.59.